The van der Waals surface area contributed by atoms with Crippen molar-refractivity contribution in [2.45, 2.75) is 26.2 Å². The smallest absolute Gasteiger partial charge is 0.317 e. The third-order valence-electron chi connectivity index (χ3n) is 2.89. The number of carbonyl (C=O) groups is 1. The van der Waals surface area contributed by atoms with Crippen LogP contribution in [0.5, 0.6) is 0 Å². The van der Waals surface area contributed by atoms with E-state index in [9.17, 15) is 4.79 Å². The Balaban J connectivity index is 2.34. The second-order valence-electron chi connectivity index (χ2n) is 4.72. The maximum Gasteiger partial charge on any atom is 0.317 e. The van der Waals surface area contributed by atoms with Gasteiger partial charge in [-0.15, -0.1) is 11.3 Å². The summed E-state index contributed by atoms with van der Waals surface area (Å²) >= 11 is 7.52. The van der Waals surface area contributed by atoms with Crippen molar-refractivity contribution >= 4 is 28.9 Å². The van der Waals surface area contributed by atoms with Crippen LogP contribution in [-0.2, 0) is 14.9 Å². The SMILES string of the molecule is CCOC(=O)C(C)(C)c1csc(-c2ncccc2Cl)n1. The first kappa shape index (κ1) is 14.9. The fourth-order valence-electron chi connectivity index (χ4n) is 1.63. The zero-order chi connectivity index (χ0) is 14.8. The highest BCUT2D eigenvalue weighted by Crippen LogP contribution is 2.32. The van der Waals surface area contributed by atoms with E-state index < -0.39 is 5.41 Å². The fraction of sp³-hybridized carbons (Fsp3) is 0.357. The number of ether oxygens (including phenoxy) is 1. The number of nitrogens with zero attached hydrogens (tertiary/aromatic N) is 2. The summed E-state index contributed by atoms with van der Waals surface area (Å²) < 4.78 is 5.08. The van der Waals surface area contributed by atoms with Crippen LogP contribution in [0.2, 0.25) is 5.02 Å². The molecule has 2 heterocycles. The third-order valence-corrected chi connectivity index (χ3v) is 4.05. The van der Waals surface area contributed by atoms with Crippen molar-refractivity contribution in [2.75, 3.05) is 6.61 Å². The van der Waals surface area contributed by atoms with Gasteiger partial charge in [0.15, 0.2) is 0 Å². The lowest BCUT2D eigenvalue weighted by atomic mass is 9.90. The standard InChI is InChI=1S/C14H15ClN2O2S/c1-4-19-13(18)14(2,3)10-8-20-12(17-10)11-9(15)6-5-7-16-11/h5-8H,4H2,1-3H3. The van der Waals surface area contributed by atoms with Gasteiger partial charge in [0.05, 0.1) is 17.3 Å². The lowest BCUT2D eigenvalue weighted by Gasteiger charge is -2.19. The highest BCUT2D eigenvalue weighted by Gasteiger charge is 2.34. The topological polar surface area (TPSA) is 52.1 Å². The van der Waals surface area contributed by atoms with E-state index in [2.05, 4.69) is 9.97 Å². The predicted molar refractivity (Wildman–Crippen MR) is 80.0 cm³/mol. The molecule has 0 atom stereocenters. The van der Waals surface area contributed by atoms with Gasteiger partial charge in [0.25, 0.3) is 0 Å². The van der Waals surface area contributed by atoms with Crippen LogP contribution in [0, 0.1) is 0 Å². The zero-order valence-electron chi connectivity index (χ0n) is 11.5. The van der Waals surface area contributed by atoms with Crippen LogP contribution in [-0.4, -0.2) is 22.5 Å². The molecule has 2 rings (SSSR count). The molecule has 0 fully saturated rings. The Morgan fingerprint density at radius 2 is 2.25 bits per heavy atom. The first-order valence-electron chi connectivity index (χ1n) is 6.21. The molecule has 0 bridgehead atoms. The first-order chi connectivity index (χ1) is 9.46. The van der Waals surface area contributed by atoms with Gasteiger partial charge >= 0.3 is 5.97 Å². The molecule has 0 spiro atoms. The van der Waals surface area contributed by atoms with Crippen LogP contribution in [0.15, 0.2) is 23.7 Å². The molecule has 0 radical (unpaired) electrons. The summed E-state index contributed by atoms with van der Waals surface area (Å²) in [6, 6.07) is 3.53. The highest BCUT2D eigenvalue weighted by atomic mass is 35.5. The van der Waals surface area contributed by atoms with E-state index in [0.29, 0.717) is 28.0 Å². The van der Waals surface area contributed by atoms with E-state index in [1.165, 1.54) is 11.3 Å². The fourth-order valence-corrected chi connectivity index (χ4v) is 2.89. The minimum absolute atomic E-state index is 0.288. The maximum atomic E-state index is 12.0. The molecule has 0 aliphatic carbocycles. The van der Waals surface area contributed by atoms with E-state index in [-0.39, 0.29) is 5.97 Å². The van der Waals surface area contributed by atoms with Gasteiger partial charge < -0.3 is 4.74 Å². The summed E-state index contributed by atoms with van der Waals surface area (Å²) in [6.45, 7) is 5.73. The summed E-state index contributed by atoms with van der Waals surface area (Å²) in [6.07, 6.45) is 1.67. The number of thiazole rings is 1. The second-order valence-corrected chi connectivity index (χ2v) is 5.98. The summed E-state index contributed by atoms with van der Waals surface area (Å²) in [7, 11) is 0. The van der Waals surface area contributed by atoms with Gasteiger partial charge in [-0.2, -0.15) is 0 Å². The number of pyridine rings is 1. The molecule has 106 valence electrons. The van der Waals surface area contributed by atoms with Gasteiger partial charge in [-0.3, -0.25) is 9.78 Å². The first-order valence-corrected chi connectivity index (χ1v) is 7.46. The van der Waals surface area contributed by atoms with E-state index in [1.807, 2.05) is 5.38 Å². The molecule has 0 N–H and O–H groups in total. The van der Waals surface area contributed by atoms with Crippen molar-refractivity contribution in [3.8, 4) is 10.7 Å². The summed E-state index contributed by atoms with van der Waals surface area (Å²) in [4.78, 5) is 20.7. The maximum absolute atomic E-state index is 12.0. The molecule has 0 saturated heterocycles. The zero-order valence-corrected chi connectivity index (χ0v) is 13.1. The lowest BCUT2D eigenvalue weighted by Crippen LogP contribution is -2.31. The number of hydrogen-bond donors (Lipinski definition) is 0. The molecule has 0 aromatic carbocycles. The Hall–Kier alpha value is -1.46. The van der Waals surface area contributed by atoms with Crippen LogP contribution < -0.4 is 0 Å². The Bertz CT molecular complexity index is 625. The molecule has 20 heavy (non-hydrogen) atoms. The summed E-state index contributed by atoms with van der Waals surface area (Å²) in [5, 5.41) is 3.09. The minimum atomic E-state index is -0.786. The third kappa shape index (κ3) is 2.83. The van der Waals surface area contributed by atoms with Crippen LogP contribution in [0.1, 0.15) is 26.5 Å². The van der Waals surface area contributed by atoms with Gasteiger partial charge in [0.1, 0.15) is 16.1 Å². The van der Waals surface area contributed by atoms with Crippen molar-refractivity contribution < 1.29 is 9.53 Å². The number of carbonyl (C=O) groups excluding carboxylic acids is 1. The summed E-state index contributed by atoms with van der Waals surface area (Å²) in [5.74, 6) is -0.288. The quantitative estimate of drug-likeness (QED) is 0.808. The number of rotatable bonds is 4. The molecular weight excluding hydrogens is 296 g/mol. The van der Waals surface area contributed by atoms with Gasteiger partial charge in [-0.05, 0) is 32.9 Å². The van der Waals surface area contributed by atoms with Crippen molar-refractivity contribution in [1.82, 2.24) is 9.97 Å². The van der Waals surface area contributed by atoms with Gasteiger partial charge in [-0.25, -0.2) is 4.98 Å². The Labute approximate surface area is 126 Å². The number of esters is 1. The molecule has 0 unspecified atom stereocenters. The summed E-state index contributed by atoms with van der Waals surface area (Å²) in [5.41, 5.74) is 0.509. The van der Waals surface area contributed by atoms with E-state index in [0.717, 1.165) is 0 Å². The van der Waals surface area contributed by atoms with Crippen molar-refractivity contribution in [3.63, 3.8) is 0 Å². The van der Waals surface area contributed by atoms with Crippen LogP contribution >= 0.6 is 22.9 Å². The van der Waals surface area contributed by atoms with Crippen molar-refractivity contribution in [2.24, 2.45) is 0 Å². The lowest BCUT2D eigenvalue weighted by molar-refractivity contribution is -0.148. The molecule has 0 saturated carbocycles. The average molecular weight is 311 g/mol. The Kier molecular flexibility index (Phi) is 4.40. The predicted octanol–water partition coefficient (Wildman–Crippen LogP) is 3.70. The molecule has 4 nitrogen and oxygen atoms in total. The monoisotopic (exact) mass is 310 g/mol. The molecular formula is C14H15ClN2O2S. The van der Waals surface area contributed by atoms with Gasteiger partial charge in [0.2, 0.25) is 0 Å². The van der Waals surface area contributed by atoms with E-state index >= 15 is 0 Å². The molecule has 2 aromatic heterocycles. The van der Waals surface area contributed by atoms with Crippen LogP contribution in [0.3, 0.4) is 0 Å². The van der Waals surface area contributed by atoms with E-state index in [1.54, 1.807) is 39.1 Å². The molecule has 0 aliphatic rings. The van der Waals surface area contributed by atoms with Crippen LogP contribution in [0.4, 0.5) is 0 Å². The highest BCUT2D eigenvalue weighted by molar-refractivity contribution is 7.13. The van der Waals surface area contributed by atoms with Gasteiger partial charge in [-0.1, -0.05) is 11.6 Å². The van der Waals surface area contributed by atoms with Crippen molar-refractivity contribution in [1.29, 1.82) is 0 Å². The molecule has 0 amide bonds. The molecule has 0 aliphatic heterocycles. The Morgan fingerprint density at radius 3 is 2.90 bits per heavy atom. The Morgan fingerprint density at radius 1 is 1.50 bits per heavy atom. The van der Waals surface area contributed by atoms with E-state index in [4.69, 9.17) is 16.3 Å². The largest absolute Gasteiger partial charge is 0.465 e. The minimum Gasteiger partial charge on any atom is -0.465 e. The average Bonchev–Trinajstić information content (AvgIpc) is 2.89. The van der Waals surface area contributed by atoms with Crippen molar-refractivity contribution in [3.05, 3.63) is 34.4 Å². The normalized spacial score (nSPS) is 11.4. The van der Waals surface area contributed by atoms with Gasteiger partial charge in [0, 0.05) is 11.6 Å². The number of hydrogen-bond acceptors (Lipinski definition) is 5. The number of aromatic nitrogens is 2. The van der Waals surface area contributed by atoms with Crippen LogP contribution in [0.25, 0.3) is 10.7 Å². The second kappa shape index (κ2) is 5.89. The molecule has 6 heteroatoms. The number of halogens is 1. The molecule has 2 aromatic rings.